The predicted octanol–water partition coefficient (Wildman–Crippen LogP) is 3.22. The zero-order chi connectivity index (χ0) is 11.0. The van der Waals surface area contributed by atoms with Crippen molar-refractivity contribution in [2.75, 3.05) is 6.54 Å². The number of benzene rings is 2. The molecule has 0 aromatic heterocycles. The highest BCUT2D eigenvalue weighted by Gasteiger charge is 2.37. The summed E-state index contributed by atoms with van der Waals surface area (Å²) in [5.41, 5.74) is 7.66. The van der Waals surface area contributed by atoms with Crippen LogP contribution >= 0.6 is 0 Å². The highest BCUT2D eigenvalue weighted by atomic mass is 14.6. The standard InChI is InChI=1S/C15H17N/c16-11-15(8-3-9-15)14-7-6-12-4-1-2-5-13(12)10-14/h1-2,4-7,10H,3,8-9,11,16H2. The average molecular weight is 211 g/mol. The summed E-state index contributed by atoms with van der Waals surface area (Å²) < 4.78 is 0. The van der Waals surface area contributed by atoms with Gasteiger partial charge >= 0.3 is 0 Å². The van der Waals surface area contributed by atoms with Crippen LogP contribution in [0.5, 0.6) is 0 Å². The van der Waals surface area contributed by atoms with Crippen LogP contribution in [0.4, 0.5) is 0 Å². The lowest BCUT2D eigenvalue weighted by Crippen LogP contribution is -2.41. The van der Waals surface area contributed by atoms with Crippen molar-refractivity contribution in [3.05, 3.63) is 48.0 Å². The van der Waals surface area contributed by atoms with E-state index in [9.17, 15) is 0 Å². The first-order valence-electron chi connectivity index (χ1n) is 6.03. The monoisotopic (exact) mass is 211 g/mol. The van der Waals surface area contributed by atoms with Crippen molar-refractivity contribution in [1.29, 1.82) is 0 Å². The fourth-order valence-corrected chi connectivity index (χ4v) is 2.73. The number of nitrogens with two attached hydrogens (primary N) is 1. The Morgan fingerprint density at radius 1 is 1.00 bits per heavy atom. The molecule has 1 heteroatoms. The van der Waals surface area contributed by atoms with E-state index in [0.29, 0.717) is 0 Å². The van der Waals surface area contributed by atoms with Crippen molar-refractivity contribution in [2.45, 2.75) is 24.7 Å². The molecule has 0 aliphatic heterocycles. The molecule has 1 fully saturated rings. The normalized spacial score (nSPS) is 18.3. The number of hydrogen-bond donors (Lipinski definition) is 1. The summed E-state index contributed by atoms with van der Waals surface area (Å²) in [5, 5.41) is 2.65. The summed E-state index contributed by atoms with van der Waals surface area (Å²) in [5.74, 6) is 0. The van der Waals surface area contributed by atoms with E-state index in [1.807, 2.05) is 0 Å². The molecular weight excluding hydrogens is 194 g/mol. The molecule has 82 valence electrons. The van der Waals surface area contributed by atoms with Gasteiger partial charge in [-0.3, -0.25) is 0 Å². The zero-order valence-corrected chi connectivity index (χ0v) is 9.45. The molecule has 1 saturated carbocycles. The molecule has 0 bridgehead atoms. The van der Waals surface area contributed by atoms with Crippen molar-refractivity contribution in [3.63, 3.8) is 0 Å². The first kappa shape index (κ1) is 9.86. The molecule has 3 rings (SSSR count). The highest BCUT2D eigenvalue weighted by molar-refractivity contribution is 5.83. The highest BCUT2D eigenvalue weighted by Crippen LogP contribution is 2.43. The Bertz CT molecular complexity index is 506. The van der Waals surface area contributed by atoms with E-state index < -0.39 is 0 Å². The second-order valence-corrected chi connectivity index (χ2v) is 4.90. The summed E-state index contributed by atoms with van der Waals surface area (Å²) in [7, 11) is 0. The van der Waals surface area contributed by atoms with Crippen molar-refractivity contribution in [1.82, 2.24) is 0 Å². The number of fused-ring (bicyclic) bond motifs is 1. The van der Waals surface area contributed by atoms with Crippen LogP contribution in [0, 0.1) is 0 Å². The minimum absolute atomic E-state index is 0.282. The fraction of sp³-hybridized carbons (Fsp3) is 0.333. The third kappa shape index (κ3) is 1.35. The number of rotatable bonds is 2. The van der Waals surface area contributed by atoms with Crippen LogP contribution in [-0.4, -0.2) is 6.54 Å². The van der Waals surface area contributed by atoms with Crippen LogP contribution in [0.1, 0.15) is 24.8 Å². The van der Waals surface area contributed by atoms with Crippen molar-refractivity contribution >= 4 is 10.8 Å². The zero-order valence-electron chi connectivity index (χ0n) is 9.45. The quantitative estimate of drug-likeness (QED) is 0.811. The summed E-state index contributed by atoms with van der Waals surface area (Å²) in [6.07, 6.45) is 3.83. The maximum Gasteiger partial charge on any atom is 0.00758 e. The minimum atomic E-state index is 0.282. The van der Waals surface area contributed by atoms with Gasteiger partial charge in [0.1, 0.15) is 0 Å². The Morgan fingerprint density at radius 2 is 1.75 bits per heavy atom. The van der Waals surface area contributed by atoms with Gasteiger partial charge in [0.2, 0.25) is 0 Å². The largest absolute Gasteiger partial charge is 0.330 e. The minimum Gasteiger partial charge on any atom is -0.330 e. The molecule has 1 aliphatic rings. The Hall–Kier alpha value is -1.34. The predicted molar refractivity (Wildman–Crippen MR) is 68.5 cm³/mol. The lowest BCUT2D eigenvalue weighted by atomic mass is 9.64. The summed E-state index contributed by atoms with van der Waals surface area (Å²) >= 11 is 0. The maximum atomic E-state index is 5.94. The van der Waals surface area contributed by atoms with Crippen LogP contribution in [0.15, 0.2) is 42.5 Å². The van der Waals surface area contributed by atoms with Gasteiger partial charge in [-0.1, -0.05) is 48.9 Å². The first-order valence-corrected chi connectivity index (χ1v) is 6.03. The first-order chi connectivity index (χ1) is 7.84. The van der Waals surface area contributed by atoms with Gasteiger partial charge < -0.3 is 5.73 Å². The number of hydrogen-bond acceptors (Lipinski definition) is 1. The van der Waals surface area contributed by atoms with E-state index in [2.05, 4.69) is 42.5 Å². The van der Waals surface area contributed by atoms with Crippen molar-refractivity contribution in [2.24, 2.45) is 5.73 Å². The van der Waals surface area contributed by atoms with E-state index in [4.69, 9.17) is 5.73 Å². The third-order valence-electron chi connectivity index (χ3n) is 4.06. The van der Waals surface area contributed by atoms with Crippen LogP contribution < -0.4 is 5.73 Å². The van der Waals surface area contributed by atoms with Gasteiger partial charge in [-0.05, 0) is 29.2 Å². The molecule has 0 saturated heterocycles. The molecule has 0 radical (unpaired) electrons. The second-order valence-electron chi connectivity index (χ2n) is 4.90. The van der Waals surface area contributed by atoms with Crippen molar-refractivity contribution < 1.29 is 0 Å². The van der Waals surface area contributed by atoms with Gasteiger partial charge in [-0.2, -0.15) is 0 Å². The molecule has 1 nitrogen and oxygen atoms in total. The molecule has 2 aromatic rings. The van der Waals surface area contributed by atoms with E-state index in [0.717, 1.165) is 6.54 Å². The van der Waals surface area contributed by atoms with Gasteiger partial charge in [-0.15, -0.1) is 0 Å². The Labute approximate surface area is 96.3 Å². The Morgan fingerprint density at radius 3 is 2.38 bits per heavy atom. The summed E-state index contributed by atoms with van der Waals surface area (Å²) in [4.78, 5) is 0. The van der Waals surface area contributed by atoms with E-state index in [1.165, 1.54) is 35.6 Å². The van der Waals surface area contributed by atoms with E-state index >= 15 is 0 Å². The lowest BCUT2D eigenvalue weighted by molar-refractivity contribution is 0.253. The maximum absolute atomic E-state index is 5.94. The van der Waals surface area contributed by atoms with Crippen molar-refractivity contribution in [3.8, 4) is 0 Å². The molecule has 2 N–H and O–H groups in total. The van der Waals surface area contributed by atoms with Gasteiger partial charge in [0.15, 0.2) is 0 Å². The molecule has 0 atom stereocenters. The van der Waals surface area contributed by atoms with E-state index in [-0.39, 0.29) is 5.41 Å². The van der Waals surface area contributed by atoms with Crippen LogP contribution in [0.3, 0.4) is 0 Å². The Balaban J connectivity index is 2.11. The molecule has 0 unspecified atom stereocenters. The van der Waals surface area contributed by atoms with Crippen LogP contribution in [0.2, 0.25) is 0 Å². The SMILES string of the molecule is NCC1(c2ccc3ccccc3c2)CCC1. The van der Waals surface area contributed by atoms with Gasteiger partial charge in [-0.25, -0.2) is 0 Å². The molecular formula is C15H17N. The van der Waals surface area contributed by atoms with Gasteiger partial charge in [0, 0.05) is 12.0 Å². The summed E-state index contributed by atoms with van der Waals surface area (Å²) in [6.45, 7) is 0.783. The van der Waals surface area contributed by atoms with E-state index in [1.54, 1.807) is 0 Å². The second kappa shape index (κ2) is 3.60. The lowest BCUT2D eigenvalue weighted by Gasteiger charge is -2.41. The Kier molecular flexibility index (Phi) is 2.22. The topological polar surface area (TPSA) is 26.0 Å². The van der Waals surface area contributed by atoms with Gasteiger partial charge in [0.25, 0.3) is 0 Å². The molecule has 0 spiro atoms. The molecule has 0 amide bonds. The van der Waals surface area contributed by atoms with Crippen LogP contribution in [-0.2, 0) is 5.41 Å². The average Bonchev–Trinajstić information content (AvgIpc) is 2.28. The van der Waals surface area contributed by atoms with Crippen LogP contribution in [0.25, 0.3) is 10.8 Å². The summed E-state index contributed by atoms with van der Waals surface area (Å²) in [6, 6.07) is 15.3. The van der Waals surface area contributed by atoms with Gasteiger partial charge in [0.05, 0.1) is 0 Å². The molecule has 16 heavy (non-hydrogen) atoms. The third-order valence-corrected chi connectivity index (χ3v) is 4.06. The molecule has 0 heterocycles. The molecule has 1 aliphatic carbocycles. The fourth-order valence-electron chi connectivity index (χ4n) is 2.73. The smallest absolute Gasteiger partial charge is 0.00758 e. The molecule has 2 aromatic carbocycles.